The molecule has 0 bridgehead atoms. The van der Waals surface area contributed by atoms with Crippen molar-refractivity contribution in [3.63, 3.8) is 0 Å². The summed E-state index contributed by atoms with van der Waals surface area (Å²) in [4.78, 5) is 42.9. The van der Waals surface area contributed by atoms with Crippen LogP contribution in [0.2, 0.25) is 0 Å². The highest BCUT2D eigenvalue weighted by Crippen LogP contribution is 2.21. The molecule has 3 rings (SSSR count). The predicted octanol–water partition coefficient (Wildman–Crippen LogP) is 3.17. The maximum absolute atomic E-state index is 12.7. The average molecular weight is 499 g/mol. The quantitative estimate of drug-likeness (QED) is 0.519. The van der Waals surface area contributed by atoms with Crippen LogP contribution >= 0.6 is 0 Å². The molecule has 1 aromatic carbocycles. The highest BCUT2D eigenvalue weighted by Gasteiger charge is 2.26. The first kappa shape index (κ1) is 27.0. The third-order valence-corrected chi connectivity index (χ3v) is 5.82. The van der Waals surface area contributed by atoms with Gasteiger partial charge in [0.2, 0.25) is 11.8 Å². The summed E-state index contributed by atoms with van der Waals surface area (Å²) >= 11 is 0. The van der Waals surface area contributed by atoms with E-state index in [0.717, 1.165) is 18.7 Å². The van der Waals surface area contributed by atoms with Gasteiger partial charge in [0.05, 0.1) is 0 Å². The van der Waals surface area contributed by atoms with Crippen molar-refractivity contribution in [2.75, 3.05) is 49.5 Å². The molecule has 0 aromatic heterocycles. The molecule has 0 aliphatic carbocycles. The smallest absolute Gasteiger partial charge is 0.410 e. The summed E-state index contributed by atoms with van der Waals surface area (Å²) in [6, 6.07) is 7.58. The third kappa shape index (κ3) is 8.00. The van der Waals surface area contributed by atoms with E-state index in [0.29, 0.717) is 49.9 Å². The van der Waals surface area contributed by atoms with Gasteiger partial charge in [-0.1, -0.05) is 0 Å². The van der Waals surface area contributed by atoms with Crippen molar-refractivity contribution in [1.29, 1.82) is 5.41 Å². The molecule has 2 saturated heterocycles. The van der Waals surface area contributed by atoms with Gasteiger partial charge in [-0.15, -0.1) is 0 Å². The second-order valence-electron chi connectivity index (χ2n) is 10.1. The van der Waals surface area contributed by atoms with Crippen LogP contribution < -0.4 is 15.5 Å². The molecule has 0 radical (unpaired) electrons. The van der Waals surface area contributed by atoms with Crippen molar-refractivity contribution in [1.82, 2.24) is 15.1 Å². The fourth-order valence-electron chi connectivity index (χ4n) is 4.07. The molecule has 0 spiro atoms. The molecule has 3 amide bonds. The van der Waals surface area contributed by atoms with Gasteiger partial charge in [0, 0.05) is 69.2 Å². The Morgan fingerprint density at radius 1 is 1.06 bits per heavy atom. The zero-order chi connectivity index (χ0) is 26.3. The van der Waals surface area contributed by atoms with E-state index < -0.39 is 5.60 Å². The summed E-state index contributed by atoms with van der Waals surface area (Å²) in [5, 5.41) is 13.7. The Morgan fingerprint density at radius 2 is 1.72 bits per heavy atom. The van der Waals surface area contributed by atoms with Crippen LogP contribution in [0.25, 0.3) is 0 Å². The van der Waals surface area contributed by atoms with E-state index in [4.69, 9.17) is 10.1 Å². The van der Waals surface area contributed by atoms with Crippen molar-refractivity contribution in [2.45, 2.75) is 52.6 Å². The number of allylic oxidation sites excluding steroid dienone is 1. The van der Waals surface area contributed by atoms with Gasteiger partial charge < -0.3 is 30.6 Å². The Bertz CT molecular complexity index is 991. The number of carbonyl (C=O) groups excluding carboxylic acids is 3. The standard InChI is InChI=1S/C26H38N6O4/c1-19(27)18-22-28-12-5-13-32(22)24(34)11-10-23(33)29-20-6-8-21(9-7-20)30-14-16-31(17-15-30)25(35)36-26(2,3)4/h6-9,18,27-28H,5,10-17H2,1-4H3,(H,29,33)/b22-18+,27-19?. The number of piperazine rings is 1. The van der Waals surface area contributed by atoms with E-state index in [1.807, 2.05) is 45.0 Å². The van der Waals surface area contributed by atoms with Crippen molar-refractivity contribution in [3.8, 4) is 0 Å². The number of rotatable bonds is 6. The summed E-state index contributed by atoms with van der Waals surface area (Å²) in [5.41, 5.74) is 1.55. The van der Waals surface area contributed by atoms with Gasteiger partial charge in [-0.3, -0.25) is 14.5 Å². The lowest BCUT2D eigenvalue weighted by Gasteiger charge is -2.36. The normalized spacial score (nSPS) is 17.4. The second kappa shape index (κ2) is 11.9. The first-order valence-corrected chi connectivity index (χ1v) is 12.5. The molecule has 0 unspecified atom stereocenters. The van der Waals surface area contributed by atoms with Crippen LogP contribution in [-0.4, -0.2) is 78.3 Å². The molecule has 2 aliphatic rings. The molecule has 36 heavy (non-hydrogen) atoms. The Balaban J connectivity index is 1.45. The molecule has 3 N–H and O–H groups in total. The van der Waals surface area contributed by atoms with E-state index in [1.54, 1.807) is 22.8 Å². The molecule has 10 heteroatoms. The first-order chi connectivity index (χ1) is 17.0. The maximum Gasteiger partial charge on any atom is 0.410 e. The summed E-state index contributed by atoms with van der Waals surface area (Å²) in [6.07, 6.45) is 2.36. The molecule has 0 saturated carbocycles. The fourth-order valence-corrected chi connectivity index (χ4v) is 4.07. The van der Waals surface area contributed by atoms with E-state index in [-0.39, 0.29) is 30.7 Å². The average Bonchev–Trinajstić information content (AvgIpc) is 2.82. The van der Waals surface area contributed by atoms with E-state index in [1.165, 1.54) is 0 Å². The number of anilines is 2. The monoisotopic (exact) mass is 498 g/mol. The topological polar surface area (TPSA) is 118 Å². The lowest BCUT2D eigenvalue weighted by molar-refractivity contribution is -0.131. The van der Waals surface area contributed by atoms with Gasteiger partial charge in [-0.25, -0.2) is 4.79 Å². The maximum atomic E-state index is 12.7. The number of nitrogens with one attached hydrogen (secondary N) is 3. The highest BCUT2D eigenvalue weighted by molar-refractivity contribution is 5.94. The second-order valence-corrected chi connectivity index (χ2v) is 10.1. The summed E-state index contributed by atoms with van der Waals surface area (Å²) in [6.45, 7) is 11.2. The molecule has 2 fully saturated rings. The minimum atomic E-state index is -0.507. The number of hydrogen-bond donors (Lipinski definition) is 3. The van der Waals surface area contributed by atoms with Crippen LogP contribution in [-0.2, 0) is 14.3 Å². The number of benzene rings is 1. The number of carbonyl (C=O) groups is 3. The van der Waals surface area contributed by atoms with E-state index >= 15 is 0 Å². The number of amides is 3. The Hall–Kier alpha value is -3.56. The fraction of sp³-hybridized carbons (Fsp3) is 0.538. The van der Waals surface area contributed by atoms with Crippen LogP contribution in [0.3, 0.4) is 0 Å². The largest absolute Gasteiger partial charge is 0.444 e. The number of nitrogens with zero attached hydrogens (tertiary/aromatic N) is 3. The van der Waals surface area contributed by atoms with Crippen LogP contribution in [0, 0.1) is 5.41 Å². The third-order valence-electron chi connectivity index (χ3n) is 5.82. The van der Waals surface area contributed by atoms with Crippen molar-refractivity contribution < 1.29 is 19.1 Å². The SMILES string of the molecule is CC(=N)/C=C1\NCCCN1C(=O)CCC(=O)Nc1ccc(N2CCN(C(=O)OC(C)(C)C)CC2)cc1. The Kier molecular flexibility index (Phi) is 8.95. The molecule has 10 nitrogen and oxygen atoms in total. The Morgan fingerprint density at radius 3 is 2.33 bits per heavy atom. The van der Waals surface area contributed by atoms with Gasteiger partial charge in [0.1, 0.15) is 11.4 Å². The van der Waals surface area contributed by atoms with Crippen molar-refractivity contribution in [3.05, 3.63) is 36.2 Å². The van der Waals surface area contributed by atoms with E-state index in [2.05, 4.69) is 15.5 Å². The minimum absolute atomic E-state index is 0.0839. The van der Waals surface area contributed by atoms with Crippen molar-refractivity contribution in [2.24, 2.45) is 0 Å². The van der Waals surface area contributed by atoms with Crippen molar-refractivity contribution >= 4 is 35.0 Å². The summed E-state index contributed by atoms with van der Waals surface area (Å²) < 4.78 is 5.45. The molecular formula is C26H38N6O4. The predicted molar refractivity (Wildman–Crippen MR) is 140 cm³/mol. The highest BCUT2D eigenvalue weighted by atomic mass is 16.6. The molecular weight excluding hydrogens is 460 g/mol. The van der Waals surface area contributed by atoms with Gasteiger partial charge in [-0.05, 0) is 64.5 Å². The minimum Gasteiger partial charge on any atom is -0.444 e. The van der Waals surface area contributed by atoms with Crippen LogP contribution in [0.5, 0.6) is 0 Å². The van der Waals surface area contributed by atoms with Crippen LogP contribution in [0.4, 0.5) is 16.2 Å². The van der Waals surface area contributed by atoms with Crippen LogP contribution in [0.1, 0.15) is 47.0 Å². The molecule has 1 aromatic rings. The zero-order valence-electron chi connectivity index (χ0n) is 21.7. The van der Waals surface area contributed by atoms with Gasteiger partial charge in [0.25, 0.3) is 0 Å². The molecule has 0 atom stereocenters. The lowest BCUT2D eigenvalue weighted by atomic mass is 10.2. The van der Waals surface area contributed by atoms with E-state index in [9.17, 15) is 14.4 Å². The molecule has 196 valence electrons. The van der Waals surface area contributed by atoms with Crippen LogP contribution in [0.15, 0.2) is 36.2 Å². The molecule has 2 aliphatic heterocycles. The lowest BCUT2D eigenvalue weighted by Crippen LogP contribution is -2.50. The summed E-state index contributed by atoms with van der Waals surface area (Å²) in [5.74, 6) is 0.271. The van der Waals surface area contributed by atoms with Gasteiger partial charge in [-0.2, -0.15) is 0 Å². The zero-order valence-corrected chi connectivity index (χ0v) is 21.7. The summed E-state index contributed by atoms with van der Waals surface area (Å²) in [7, 11) is 0. The molecule has 2 heterocycles. The number of hydrogen-bond acceptors (Lipinski definition) is 7. The van der Waals surface area contributed by atoms with Gasteiger partial charge >= 0.3 is 6.09 Å². The van der Waals surface area contributed by atoms with Gasteiger partial charge in [0.15, 0.2) is 0 Å². The first-order valence-electron chi connectivity index (χ1n) is 12.5. The number of ether oxygens (including phenoxy) is 1. The Labute approximate surface area is 213 Å².